The molecule has 0 bridgehead atoms. The zero-order valence-electron chi connectivity index (χ0n) is 14.7. The topological polar surface area (TPSA) is 87.9 Å². The van der Waals surface area contributed by atoms with E-state index in [2.05, 4.69) is 0 Å². The second-order valence-corrected chi connectivity index (χ2v) is 7.72. The van der Waals surface area contributed by atoms with Crippen molar-refractivity contribution in [1.29, 1.82) is 0 Å². The number of sulfone groups is 1. The number of hydrogen-bond donors (Lipinski definition) is 1. The Kier molecular flexibility index (Phi) is 6.39. The fraction of sp³-hybridized carbons (Fsp3) is 0.222. The summed E-state index contributed by atoms with van der Waals surface area (Å²) in [5.74, 6) is 1.15. The first-order chi connectivity index (χ1) is 12.3. The number of rotatable bonds is 7. The standard InChI is InChI=1S/C18H20ClNO5S/c1-23-14-9-17(24-2)15(18(10-14)25-3)6-7-26(21,22)11-12-4-5-13(19)8-16(12)20/h4-10H,11,20H2,1-3H3/b7-6+. The van der Waals surface area contributed by atoms with Crippen LogP contribution in [0.3, 0.4) is 0 Å². The molecule has 0 saturated carbocycles. The Morgan fingerprint density at radius 1 is 1.04 bits per heavy atom. The Morgan fingerprint density at radius 2 is 1.65 bits per heavy atom. The van der Waals surface area contributed by atoms with Crippen LogP contribution in [0.1, 0.15) is 11.1 Å². The van der Waals surface area contributed by atoms with Crippen LogP contribution in [0.15, 0.2) is 35.7 Å². The van der Waals surface area contributed by atoms with E-state index in [4.69, 9.17) is 31.5 Å². The number of anilines is 1. The van der Waals surface area contributed by atoms with Gasteiger partial charge in [-0.25, -0.2) is 8.42 Å². The summed E-state index contributed by atoms with van der Waals surface area (Å²) in [5, 5.41) is 1.56. The minimum atomic E-state index is -3.58. The quantitative estimate of drug-likeness (QED) is 0.719. The van der Waals surface area contributed by atoms with E-state index in [0.717, 1.165) is 5.41 Å². The number of nitrogen functional groups attached to an aromatic ring is 1. The van der Waals surface area contributed by atoms with Gasteiger partial charge in [0.05, 0.1) is 32.6 Å². The van der Waals surface area contributed by atoms with Gasteiger partial charge in [0, 0.05) is 28.3 Å². The highest BCUT2D eigenvalue weighted by Crippen LogP contribution is 2.35. The van der Waals surface area contributed by atoms with E-state index in [9.17, 15) is 8.42 Å². The van der Waals surface area contributed by atoms with E-state index >= 15 is 0 Å². The van der Waals surface area contributed by atoms with Crippen molar-refractivity contribution in [3.8, 4) is 17.2 Å². The van der Waals surface area contributed by atoms with Gasteiger partial charge in [0.15, 0.2) is 9.84 Å². The number of methoxy groups -OCH3 is 3. The van der Waals surface area contributed by atoms with Crippen molar-refractivity contribution in [2.24, 2.45) is 0 Å². The molecule has 0 aliphatic heterocycles. The summed E-state index contributed by atoms with van der Waals surface area (Å²) in [4.78, 5) is 0. The number of benzene rings is 2. The predicted molar refractivity (Wildman–Crippen MR) is 104 cm³/mol. The molecule has 0 amide bonds. The van der Waals surface area contributed by atoms with Crippen molar-refractivity contribution in [3.05, 3.63) is 51.9 Å². The summed E-state index contributed by atoms with van der Waals surface area (Å²) in [5.41, 5.74) is 7.13. The van der Waals surface area contributed by atoms with E-state index in [0.29, 0.717) is 39.1 Å². The Bertz CT molecular complexity index is 900. The summed E-state index contributed by atoms with van der Waals surface area (Å²) in [6.07, 6.45) is 1.43. The van der Waals surface area contributed by atoms with E-state index in [1.165, 1.54) is 33.5 Å². The summed E-state index contributed by atoms with van der Waals surface area (Å²) in [7, 11) is 0.900. The van der Waals surface area contributed by atoms with Crippen molar-refractivity contribution in [2.45, 2.75) is 5.75 Å². The molecule has 6 nitrogen and oxygen atoms in total. The summed E-state index contributed by atoms with van der Waals surface area (Å²) < 4.78 is 40.7. The van der Waals surface area contributed by atoms with Gasteiger partial charge in [0.1, 0.15) is 17.2 Å². The maximum Gasteiger partial charge on any atom is 0.175 e. The minimum Gasteiger partial charge on any atom is -0.496 e. The Labute approximate surface area is 158 Å². The van der Waals surface area contributed by atoms with Gasteiger partial charge in [-0.05, 0) is 23.8 Å². The smallest absolute Gasteiger partial charge is 0.175 e. The van der Waals surface area contributed by atoms with Crippen LogP contribution in [0.25, 0.3) is 6.08 Å². The van der Waals surface area contributed by atoms with E-state index in [-0.39, 0.29) is 5.75 Å². The molecule has 0 unspecified atom stereocenters. The average Bonchev–Trinajstić information content (AvgIpc) is 2.61. The van der Waals surface area contributed by atoms with Gasteiger partial charge in [0.25, 0.3) is 0 Å². The third-order valence-corrected chi connectivity index (χ3v) is 5.16. The molecule has 2 aromatic carbocycles. The van der Waals surface area contributed by atoms with Crippen LogP contribution in [-0.2, 0) is 15.6 Å². The first kappa shape index (κ1) is 19.9. The number of nitrogens with two attached hydrogens (primary N) is 1. The lowest BCUT2D eigenvalue weighted by Gasteiger charge is -2.12. The molecule has 8 heteroatoms. The molecule has 0 spiro atoms. The maximum atomic E-state index is 12.5. The molecule has 0 saturated heterocycles. The first-order valence-electron chi connectivity index (χ1n) is 7.54. The van der Waals surface area contributed by atoms with Crippen molar-refractivity contribution in [2.75, 3.05) is 27.1 Å². The molecule has 0 aliphatic carbocycles. The van der Waals surface area contributed by atoms with Gasteiger partial charge in [-0.15, -0.1) is 0 Å². The highest BCUT2D eigenvalue weighted by atomic mass is 35.5. The molecule has 0 atom stereocenters. The van der Waals surface area contributed by atoms with Crippen LogP contribution in [-0.4, -0.2) is 29.7 Å². The van der Waals surface area contributed by atoms with Gasteiger partial charge in [-0.3, -0.25) is 0 Å². The van der Waals surface area contributed by atoms with Crippen molar-refractivity contribution in [3.63, 3.8) is 0 Å². The normalized spacial score (nSPS) is 11.5. The third kappa shape index (κ3) is 4.83. The molecule has 0 heterocycles. The van der Waals surface area contributed by atoms with Gasteiger partial charge in [-0.2, -0.15) is 0 Å². The predicted octanol–water partition coefficient (Wildman–Crippen LogP) is 3.53. The fourth-order valence-corrected chi connectivity index (χ4v) is 3.65. The molecule has 140 valence electrons. The Morgan fingerprint density at radius 3 is 2.15 bits per heavy atom. The van der Waals surface area contributed by atoms with Gasteiger partial charge < -0.3 is 19.9 Å². The second-order valence-electron chi connectivity index (χ2n) is 5.40. The molecular weight excluding hydrogens is 378 g/mol. The highest BCUT2D eigenvalue weighted by molar-refractivity contribution is 7.93. The van der Waals surface area contributed by atoms with E-state index in [1.54, 1.807) is 24.3 Å². The summed E-state index contributed by atoms with van der Waals surface area (Å²) in [6, 6.07) is 8.00. The average molecular weight is 398 g/mol. The van der Waals surface area contributed by atoms with Crippen molar-refractivity contribution < 1.29 is 22.6 Å². The van der Waals surface area contributed by atoms with Gasteiger partial charge in [-0.1, -0.05) is 17.7 Å². The number of hydrogen-bond acceptors (Lipinski definition) is 6. The SMILES string of the molecule is COc1cc(OC)c(/C=C/S(=O)(=O)Cc2ccc(Cl)cc2N)c(OC)c1. The highest BCUT2D eigenvalue weighted by Gasteiger charge is 2.14. The Hall–Kier alpha value is -2.38. The summed E-state index contributed by atoms with van der Waals surface area (Å²) in [6.45, 7) is 0. The molecular formula is C18H20ClNO5S. The van der Waals surface area contributed by atoms with Crippen LogP contribution in [0.2, 0.25) is 5.02 Å². The number of ether oxygens (including phenoxy) is 3. The van der Waals surface area contributed by atoms with Crippen molar-refractivity contribution in [1.82, 2.24) is 0 Å². The lowest BCUT2D eigenvalue weighted by atomic mass is 10.1. The molecule has 0 radical (unpaired) electrons. The monoisotopic (exact) mass is 397 g/mol. The largest absolute Gasteiger partial charge is 0.496 e. The van der Waals surface area contributed by atoms with E-state index < -0.39 is 9.84 Å². The molecule has 2 rings (SSSR count). The van der Waals surface area contributed by atoms with Gasteiger partial charge >= 0.3 is 0 Å². The minimum absolute atomic E-state index is 0.243. The first-order valence-corrected chi connectivity index (χ1v) is 9.63. The number of halogens is 1. The van der Waals surface area contributed by atoms with Crippen LogP contribution in [0, 0.1) is 0 Å². The third-order valence-electron chi connectivity index (χ3n) is 3.66. The maximum absolute atomic E-state index is 12.5. The molecule has 2 N–H and O–H groups in total. The molecule has 2 aromatic rings. The lowest BCUT2D eigenvalue weighted by Crippen LogP contribution is -2.03. The van der Waals surface area contributed by atoms with Crippen LogP contribution < -0.4 is 19.9 Å². The fourth-order valence-electron chi connectivity index (χ4n) is 2.33. The van der Waals surface area contributed by atoms with Crippen LogP contribution >= 0.6 is 11.6 Å². The second kappa shape index (κ2) is 8.33. The molecule has 0 fully saturated rings. The molecule has 0 aliphatic rings. The summed E-state index contributed by atoms with van der Waals surface area (Å²) >= 11 is 5.84. The van der Waals surface area contributed by atoms with E-state index in [1.807, 2.05) is 0 Å². The van der Waals surface area contributed by atoms with Crippen LogP contribution in [0.5, 0.6) is 17.2 Å². The lowest BCUT2D eigenvalue weighted by molar-refractivity contribution is 0.374. The molecule has 0 aromatic heterocycles. The molecule has 26 heavy (non-hydrogen) atoms. The zero-order valence-corrected chi connectivity index (χ0v) is 16.2. The van der Waals surface area contributed by atoms with Crippen LogP contribution in [0.4, 0.5) is 5.69 Å². The van der Waals surface area contributed by atoms with Crippen molar-refractivity contribution >= 4 is 33.2 Å². The zero-order chi connectivity index (χ0) is 19.3. The van der Waals surface area contributed by atoms with Gasteiger partial charge in [0.2, 0.25) is 0 Å². The Balaban J connectivity index is 2.35.